The third-order valence-electron chi connectivity index (χ3n) is 5.09. The van der Waals surface area contributed by atoms with E-state index in [1.807, 2.05) is 0 Å². The minimum absolute atomic E-state index is 0.0777. The van der Waals surface area contributed by atoms with E-state index in [9.17, 15) is 19.2 Å². The lowest BCUT2D eigenvalue weighted by Crippen LogP contribution is -2.43. The standard InChI is InChI=1S/C22H18N2O5/c1-3-10-23-17-11-14(8-9-18(17)29-12-19(23)25)20(26)13(2)24-16-7-5-4-6-15(16)21(27)22(24)28/h3-9,11,13H,1,10,12H2,2H3. The molecule has 2 amide bonds. The summed E-state index contributed by atoms with van der Waals surface area (Å²) < 4.78 is 5.44. The molecule has 0 fully saturated rings. The Kier molecular flexibility index (Phi) is 4.50. The molecule has 1 unspecified atom stereocenters. The van der Waals surface area contributed by atoms with Gasteiger partial charge in [0.2, 0.25) is 0 Å². The summed E-state index contributed by atoms with van der Waals surface area (Å²) >= 11 is 0. The molecule has 7 heteroatoms. The van der Waals surface area contributed by atoms with Crippen LogP contribution in [0.5, 0.6) is 5.75 Å². The van der Waals surface area contributed by atoms with Crippen LogP contribution in [0.2, 0.25) is 0 Å². The van der Waals surface area contributed by atoms with Crippen molar-refractivity contribution >= 4 is 34.8 Å². The zero-order valence-electron chi connectivity index (χ0n) is 15.8. The van der Waals surface area contributed by atoms with Crippen LogP contribution >= 0.6 is 0 Å². The van der Waals surface area contributed by atoms with Gasteiger partial charge in [0.25, 0.3) is 17.6 Å². The number of nitrogens with zero attached hydrogens (tertiary/aromatic N) is 2. The van der Waals surface area contributed by atoms with Crippen LogP contribution < -0.4 is 14.5 Å². The summed E-state index contributed by atoms with van der Waals surface area (Å²) in [5, 5.41) is 0. The lowest BCUT2D eigenvalue weighted by molar-refractivity contribution is -0.121. The van der Waals surface area contributed by atoms with Crippen molar-refractivity contribution in [2.24, 2.45) is 0 Å². The zero-order valence-corrected chi connectivity index (χ0v) is 15.8. The van der Waals surface area contributed by atoms with Crippen molar-refractivity contribution < 1.29 is 23.9 Å². The highest BCUT2D eigenvalue weighted by atomic mass is 16.5. The molecule has 4 rings (SSSR count). The highest BCUT2D eigenvalue weighted by Gasteiger charge is 2.40. The maximum Gasteiger partial charge on any atom is 0.300 e. The predicted molar refractivity (Wildman–Crippen MR) is 107 cm³/mol. The monoisotopic (exact) mass is 390 g/mol. The highest BCUT2D eigenvalue weighted by Crippen LogP contribution is 2.35. The van der Waals surface area contributed by atoms with Crippen LogP contribution in [-0.2, 0) is 9.59 Å². The largest absolute Gasteiger partial charge is 0.482 e. The van der Waals surface area contributed by atoms with E-state index in [4.69, 9.17) is 4.74 Å². The van der Waals surface area contributed by atoms with Crippen LogP contribution in [0.15, 0.2) is 55.1 Å². The number of carbonyl (C=O) groups excluding carboxylic acids is 4. The summed E-state index contributed by atoms with van der Waals surface area (Å²) in [4.78, 5) is 52.8. The summed E-state index contributed by atoms with van der Waals surface area (Å²) in [6.07, 6.45) is 1.59. The highest BCUT2D eigenvalue weighted by molar-refractivity contribution is 6.53. The number of ketones is 2. The molecule has 7 nitrogen and oxygen atoms in total. The maximum absolute atomic E-state index is 13.2. The first-order chi connectivity index (χ1) is 13.9. The van der Waals surface area contributed by atoms with E-state index >= 15 is 0 Å². The molecule has 2 aliphatic heterocycles. The number of hydrogen-bond donors (Lipinski definition) is 0. The molecule has 2 aromatic carbocycles. The number of anilines is 2. The van der Waals surface area contributed by atoms with Crippen molar-refractivity contribution in [1.29, 1.82) is 0 Å². The summed E-state index contributed by atoms with van der Waals surface area (Å²) in [5.74, 6) is -1.43. The van der Waals surface area contributed by atoms with E-state index in [0.717, 1.165) is 0 Å². The van der Waals surface area contributed by atoms with Gasteiger partial charge in [-0.3, -0.25) is 24.1 Å². The Balaban J connectivity index is 1.69. The molecule has 1 atom stereocenters. The molecule has 29 heavy (non-hydrogen) atoms. The Hall–Kier alpha value is -3.74. The smallest absolute Gasteiger partial charge is 0.300 e. The molecular weight excluding hydrogens is 372 g/mol. The Morgan fingerprint density at radius 2 is 1.93 bits per heavy atom. The Labute approximate surface area is 167 Å². The van der Waals surface area contributed by atoms with Crippen LogP contribution in [0.25, 0.3) is 0 Å². The minimum atomic E-state index is -0.888. The quantitative estimate of drug-likeness (QED) is 0.445. The lowest BCUT2D eigenvalue weighted by Gasteiger charge is -2.29. The summed E-state index contributed by atoms with van der Waals surface area (Å²) in [7, 11) is 0. The van der Waals surface area contributed by atoms with Gasteiger partial charge >= 0.3 is 0 Å². The number of hydrogen-bond acceptors (Lipinski definition) is 5. The topological polar surface area (TPSA) is 84.0 Å². The fourth-order valence-electron chi connectivity index (χ4n) is 3.64. The van der Waals surface area contributed by atoms with E-state index in [1.165, 1.54) is 9.80 Å². The Morgan fingerprint density at radius 1 is 1.17 bits per heavy atom. The second kappa shape index (κ2) is 7.01. The van der Waals surface area contributed by atoms with Crippen LogP contribution in [0.4, 0.5) is 11.4 Å². The first kappa shape index (κ1) is 18.6. The van der Waals surface area contributed by atoms with Crippen molar-refractivity contribution in [1.82, 2.24) is 0 Å². The molecule has 0 saturated carbocycles. The van der Waals surface area contributed by atoms with Crippen LogP contribution in [0, 0.1) is 0 Å². The summed E-state index contributed by atoms with van der Waals surface area (Å²) in [6.45, 7) is 5.45. The van der Waals surface area contributed by atoms with Crippen molar-refractivity contribution in [3.8, 4) is 5.75 Å². The second-order valence-electron chi connectivity index (χ2n) is 6.83. The number of fused-ring (bicyclic) bond motifs is 2. The average Bonchev–Trinajstić information content (AvgIpc) is 2.99. The van der Waals surface area contributed by atoms with Crippen molar-refractivity contribution in [3.63, 3.8) is 0 Å². The number of amides is 2. The summed E-state index contributed by atoms with van der Waals surface area (Å²) in [5.41, 5.74) is 1.50. The number of rotatable bonds is 5. The molecule has 2 aliphatic rings. The van der Waals surface area contributed by atoms with Gasteiger partial charge in [0.15, 0.2) is 12.4 Å². The van der Waals surface area contributed by atoms with Gasteiger partial charge in [-0.25, -0.2) is 0 Å². The number of para-hydroxylation sites is 1. The third-order valence-corrected chi connectivity index (χ3v) is 5.09. The van der Waals surface area contributed by atoms with E-state index in [1.54, 1.807) is 55.5 Å². The summed E-state index contributed by atoms with van der Waals surface area (Å²) in [6, 6.07) is 10.5. The second-order valence-corrected chi connectivity index (χ2v) is 6.83. The normalized spacial score (nSPS) is 16.2. The minimum Gasteiger partial charge on any atom is -0.482 e. The first-order valence-corrected chi connectivity index (χ1v) is 9.13. The van der Waals surface area contributed by atoms with Crippen LogP contribution in [-0.4, -0.2) is 42.6 Å². The van der Waals surface area contributed by atoms with E-state index in [-0.39, 0.29) is 24.8 Å². The maximum atomic E-state index is 13.2. The fourth-order valence-corrected chi connectivity index (χ4v) is 3.64. The van der Waals surface area contributed by atoms with Crippen LogP contribution in [0.1, 0.15) is 27.6 Å². The molecular formula is C22H18N2O5. The number of carbonyl (C=O) groups is 4. The van der Waals surface area contributed by atoms with Crippen molar-refractivity contribution in [2.75, 3.05) is 23.0 Å². The van der Waals surface area contributed by atoms with E-state index in [2.05, 4.69) is 6.58 Å². The van der Waals surface area contributed by atoms with Crippen molar-refractivity contribution in [3.05, 3.63) is 66.2 Å². The zero-order chi connectivity index (χ0) is 20.7. The Morgan fingerprint density at radius 3 is 2.69 bits per heavy atom. The molecule has 0 saturated heterocycles. The Bertz CT molecular complexity index is 1070. The van der Waals surface area contributed by atoms with E-state index in [0.29, 0.717) is 28.3 Å². The molecule has 0 radical (unpaired) electrons. The van der Waals surface area contributed by atoms with Gasteiger partial charge in [-0.15, -0.1) is 6.58 Å². The van der Waals surface area contributed by atoms with Gasteiger partial charge in [0, 0.05) is 12.1 Å². The molecule has 0 bridgehead atoms. The van der Waals surface area contributed by atoms with Gasteiger partial charge in [-0.05, 0) is 37.3 Å². The fraction of sp³-hybridized carbons (Fsp3) is 0.182. The number of ether oxygens (including phenoxy) is 1. The average molecular weight is 390 g/mol. The lowest BCUT2D eigenvalue weighted by atomic mass is 10.0. The molecule has 146 valence electrons. The predicted octanol–water partition coefficient (Wildman–Crippen LogP) is 2.40. The molecule has 0 aliphatic carbocycles. The molecule has 2 heterocycles. The van der Waals surface area contributed by atoms with Gasteiger partial charge < -0.3 is 9.64 Å². The molecule has 2 aromatic rings. The van der Waals surface area contributed by atoms with E-state index < -0.39 is 17.7 Å². The van der Waals surface area contributed by atoms with Gasteiger partial charge in [0.05, 0.1) is 23.0 Å². The van der Waals surface area contributed by atoms with Gasteiger partial charge in [0.1, 0.15) is 5.75 Å². The van der Waals surface area contributed by atoms with Gasteiger partial charge in [-0.1, -0.05) is 18.2 Å². The molecule has 0 aromatic heterocycles. The first-order valence-electron chi connectivity index (χ1n) is 9.13. The number of benzene rings is 2. The van der Waals surface area contributed by atoms with Crippen LogP contribution in [0.3, 0.4) is 0 Å². The number of Topliss-reactive ketones (excluding diaryl/α,β-unsaturated/α-hetero) is 2. The third kappa shape index (κ3) is 2.91. The van der Waals surface area contributed by atoms with Gasteiger partial charge in [-0.2, -0.15) is 0 Å². The SMILES string of the molecule is C=CCN1C(=O)COc2ccc(C(=O)C(C)N3C(=O)C(=O)c4ccccc43)cc21. The van der Waals surface area contributed by atoms with Crippen molar-refractivity contribution in [2.45, 2.75) is 13.0 Å². The molecule has 0 spiro atoms. The molecule has 0 N–H and O–H groups in total.